The SMILES string of the molecule is OC[C@@]1(O)O[CH][C@@H](O)[C@@H](O)[C@@H]1O. The van der Waals surface area contributed by atoms with E-state index in [9.17, 15) is 5.11 Å². The Morgan fingerprint density at radius 1 is 1.33 bits per heavy atom. The normalized spacial score (nSPS) is 49.2. The highest BCUT2D eigenvalue weighted by molar-refractivity contribution is 4.95. The summed E-state index contributed by atoms with van der Waals surface area (Å²) in [5.74, 6) is -2.22. The van der Waals surface area contributed by atoms with Gasteiger partial charge in [-0.1, -0.05) is 0 Å². The largest absolute Gasteiger partial charge is 0.391 e. The molecule has 12 heavy (non-hydrogen) atoms. The molecule has 0 unspecified atom stereocenters. The van der Waals surface area contributed by atoms with Crippen molar-refractivity contribution >= 4 is 0 Å². The van der Waals surface area contributed by atoms with E-state index >= 15 is 0 Å². The van der Waals surface area contributed by atoms with Gasteiger partial charge in [-0.3, -0.25) is 0 Å². The van der Waals surface area contributed by atoms with Crippen LogP contribution in [0.15, 0.2) is 0 Å². The summed E-state index contributed by atoms with van der Waals surface area (Å²) in [5, 5.41) is 44.8. The predicted molar refractivity (Wildman–Crippen MR) is 35.4 cm³/mol. The summed E-state index contributed by atoms with van der Waals surface area (Å²) in [5.41, 5.74) is 0. The summed E-state index contributed by atoms with van der Waals surface area (Å²) in [7, 11) is 0. The molecule has 1 fully saturated rings. The number of hydrogen-bond donors (Lipinski definition) is 5. The number of ether oxygens (including phenoxy) is 1. The van der Waals surface area contributed by atoms with Crippen LogP contribution >= 0.6 is 0 Å². The van der Waals surface area contributed by atoms with E-state index in [0.717, 1.165) is 6.61 Å². The van der Waals surface area contributed by atoms with E-state index in [0.29, 0.717) is 0 Å². The van der Waals surface area contributed by atoms with Crippen molar-refractivity contribution < 1.29 is 30.3 Å². The van der Waals surface area contributed by atoms with Crippen LogP contribution in [-0.2, 0) is 4.74 Å². The van der Waals surface area contributed by atoms with Gasteiger partial charge in [0.1, 0.15) is 24.9 Å². The lowest BCUT2D eigenvalue weighted by Gasteiger charge is -2.39. The van der Waals surface area contributed by atoms with E-state index < -0.39 is 30.7 Å². The summed E-state index contributed by atoms with van der Waals surface area (Å²) >= 11 is 0. The van der Waals surface area contributed by atoms with Gasteiger partial charge in [0.15, 0.2) is 0 Å². The van der Waals surface area contributed by atoms with Crippen LogP contribution in [0.5, 0.6) is 0 Å². The standard InChI is InChI=1S/C6H11O6/c7-2-6(11)5(10)4(9)3(8)1-12-6/h1,3-5,7-11H,2H2/t3-,4-,5+,6-/m1/s1. The quantitative estimate of drug-likeness (QED) is 0.292. The van der Waals surface area contributed by atoms with Crippen LogP contribution in [0.4, 0.5) is 0 Å². The molecule has 1 radical (unpaired) electrons. The molecular weight excluding hydrogens is 168 g/mol. The number of hydrogen-bond acceptors (Lipinski definition) is 6. The minimum atomic E-state index is -2.22. The second-order valence-electron chi connectivity index (χ2n) is 2.68. The van der Waals surface area contributed by atoms with Gasteiger partial charge in [0, 0.05) is 0 Å². The Bertz CT molecular complexity index is 162. The summed E-state index contributed by atoms with van der Waals surface area (Å²) in [6, 6.07) is 0. The average molecular weight is 179 g/mol. The van der Waals surface area contributed by atoms with Crippen molar-refractivity contribution in [2.24, 2.45) is 0 Å². The van der Waals surface area contributed by atoms with Gasteiger partial charge in [0.05, 0.1) is 6.61 Å². The molecule has 1 aliphatic heterocycles. The van der Waals surface area contributed by atoms with Gasteiger partial charge in [0.2, 0.25) is 5.79 Å². The van der Waals surface area contributed by atoms with Crippen molar-refractivity contribution in [3.8, 4) is 0 Å². The Morgan fingerprint density at radius 3 is 2.42 bits per heavy atom. The van der Waals surface area contributed by atoms with Crippen molar-refractivity contribution in [1.82, 2.24) is 0 Å². The first-order chi connectivity index (χ1) is 5.51. The average Bonchev–Trinajstić information content (AvgIpc) is 2.09. The summed E-state index contributed by atoms with van der Waals surface area (Å²) < 4.78 is 4.43. The lowest BCUT2D eigenvalue weighted by molar-refractivity contribution is -0.312. The topological polar surface area (TPSA) is 110 Å². The maximum absolute atomic E-state index is 9.21. The van der Waals surface area contributed by atoms with Crippen LogP contribution in [0, 0.1) is 6.61 Å². The molecule has 0 aromatic rings. The van der Waals surface area contributed by atoms with E-state index in [1.165, 1.54) is 0 Å². The molecule has 4 atom stereocenters. The summed E-state index contributed by atoms with van der Waals surface area (Å²) in [4.78, 5) is 0. The predicted octanol–water partition coefficient (Wildman–Crippen LogP) is -3.06. The van der Waals surface area contributed by atoms with Gasteiger partial charge in [0.25, 0.3) is 0 Å². The molecule has 1 saturated heterocycles. The second-order valence-corrected chi connectivity index (χ2v) is 2.68. The Kier molecular flexibility index (Phi) is 2.67. The smallest absolute Gasteiger partial charge is 0.219 e. The molecule has 6 heteroatoms. The third-order valence-electron chi connectivity index (χ3n) is 1.77. The van der Waals surface area contributed by atoms with Crippen molar-refractivity contribution in [2.45, 2.75) is 24.1 Å². The van der Waals surface area contributed by atoms with Crippen molar-refractivity contribution in [3.63, 3.8) is 0 Å². The molecule has 0 bridgehead atoms. The van der Waals surface area contributed by atoms with E-state index in [1.807, 2.05) is 0 Å². The lowest BCUT2D eigenvalue weighted by atomic mass is 9.98. The maximum Gasteiger partial charge on any atom is 0.219 e. The lowest BCUT2D eigenvalue weighted by Crippen LogP contribution is -2.61. The molecule has 1 heterocycles. The van der Waals surface area contributed by atoms with Gasteiger partial charge in [-0.05, 0) is 0 Å². The number of rotatable bonds is 1. The van der Waals surface area contributed by atoms with Gasteiger partial charge in [-0.25, -0.2) is 0 Å². The monoisotopic (exact) mass is 179 g/mol. The van der Waals surface area contributed by atoms with E-state index in [1.54, 1.807) is 0 Å². The molecule has 1 aliphatic rings. The zero-order valence-corrected chi connectivity index (χ0v) is 6.16. The molecular formula is C6H11O6. The molecule has 1 rings (SSSR count). The van der Waals surface area contributed by atoms with Crippen LogP contribution in [0.25, 0.3) is 0 Å². The fourth-order valence-corrected chi connectivity index (χ4v) is 0.922. The highest BCUT2D eigenvalue weighted by atomic mass is 16.7. The number of aliphatic hydroxyl groups is 5. The highest BCUT2D eigenvalue weighted by Gasteiger charge is 2.48. The molecule has 6 nitrogen and oxygen atoms in total. The minimum Gasteiger partial charge on any atom is -0.391 e. The molecule has 0 aromatic heterocycles. The van der Waals surface area contributed by atoms with Crippen LogP contribution < -0.4 is 0 Å². The minimum absolute atomic E-state index is 0.758. The molecule has 0 saturated carbocycles. The van der Waals surface area contributed by atoms with Crippen molar-refractivity contribution in [1.29, 1.82) is 0 Å². The fourth-order valence-electron chi connectivity index (χ4n) is 0.922. The zero-order valence-electron chi connectivity index (χ0n) is 6.16. The molecule has 71 valence electrons. The Balaban J connectivity index is 2.71. The molecule has 0 amide bonds. The first-order valence-electron chi connectivity index (χ1n) is 3.40. The number of aliphatic hydroxyl groups excluding tert-OH is 4. The van der Waals surface area contributed by atoms with E-state index in [-0.39, 0.29) is 0 Å². The maximum atomic E-state index is 9.21. The van der Waals surface area contributed by atoms with Gasteiger partial charge in [-0.15, -0.1) is 0 Å². The van der Waals surface area contributed by atoms with E-state index in [2.05, 4.69) is 4.74 Å². The van der Waals surface area contributed by atoms with Gasteiger partial charge in [-0.2, -0.15) is 0 Å². The molecule has 0 spiro atoms. The first-order valence-corrected chi connectivity index (χ1v) is 3.40. The van der Waals surface area contributed by atoms with Gasteiger partial charge >= 0.3 is 0 Å². The van der Waals surface area contributed by atoms with Crippen LogP contribution in [0.3, 0.4) is 0 Å². The molecule has 0 aliphatic carbocycles. The summed E-state index contributed by atoms with van der Waals surface area (Å²) in [6.45, 7) is -0.109. The highest BCUT2D eigenvalue weighted by Crippen LogP contribution is 2.25. The van der Waals surface area contributed by atoms with Crippen molar-refractivity contribution in [2.75, 3.05) is 6.61 Å². The van der Waals surface area contributed by atoms with Crippen LogP contribution in [0.1, 0.15) is 0 Å². The fraction of sp³-hybridized carbons (Fsp3) is 0.833. The van der Waals surface area contributed by atoms with E-state index in [4.69, 9.17) is 20.4 Å². The Labute approximate surface area is 68.6 Å². The third kappa shape index (κ3) is 1.45. The Morgan fingerprint density at radius 2 is 1.92 bits per heavy atom. The molecule has 0 aromatic carbocycles. The summed E-state index contributed by atoms with van der Waals surface area (Å²) in [6.07, 6.45) is -4.66. The van der Waals surface area contributed by atoms with Crippen LogP contribution in [0.2, 0.25) is 0 Å². The molecule has 5 N–H and O–H groups in total. The second kappa shape index (κ2) is 3.25. The van der Waals surface area contributed by atoms with Crippen LogP contribution in [-0.4, -0.2) is 56.2 Å². The third-order valence-corrected chi connectivity index (χ3v) is 1.77. The zero-order chi connectivity index (χ0) is 9.35. The van der Waals surface area contributed by atoms with Gasteiger partial charge < -0.3 is 30.3 Å². The first kappa shape index (κ1) is 9.85. The van der Waals surface area contributed by atoms with Crippen molar-refractivity contribution in [3.05, 3.63) is 6.61 Å². The Hall–Kier alpha value is -0.240.